The number of benzene rings is 1. The van der Waals surface area contributed by atoms with E-state index in [2.05, 4.69) is 40.6 Å². The molecule has 23 heavy (non-hydrogen) atoms. The van der Waals surface area contributed by atoms with E-state index in [9.17, 15) is 4.79 Å². The Hall–Kier alpha value is -2.36. The van der Waals surface area contributed by atoms with Crippen LogP contribution < -0.4 is 5.32 Å². The van der Waals surface area contributed by atoms with Crippen molar-refractivity contribution in [3.63, 3.8) is 0 Å². The van der Waals surface area contributed by atoms with Crippen molar-refractivity contribution in [2.45, 2.75) is 31.7 Å². The van der Waals surface area contributed by atoms with E-state index < -0.39 is 0 Å². The predicted molar refractivity (Wildman–Crippen MR) is 91.1 cm³/mol. The fraction of sp³-hybridized carbons (Fsp3) is 0.368. The maximum Gasteiger partial charge on any atom is 0.317 e. The first-order chi connectivity index (χ1) is 11.3. The summed E-state index contributed by atoms with van der Waals surface area (Å²) in [6, 6.07) is 16.4. The minimum Gasteiger partial charge on any atom is -0.332 e. The third-order valence-electron chi connectivity index (χ3n) is 4.43. The molecule has 1 N–H and O–H groups in total. The highest BCUT2D eigenvalue weighted by atomic mass is 16.2. The maximum absolute atomic E-state index is 12.4. The molecule has 1 aliphatic rings. The molecule has 1 aromatic carbocycles. The summed E-state index contributed by atoms with van der Waals surface area (Å²) < 4.78 is 0. The number of pyridine rings is 1. The van der Waals surface area contributed by atoms with Crippen LogP contribution in [0.25, 0.3) is 0 Å². The lowest BCUT2D eigenvalue weighted by Crippen LogP contribution is -2.40. The van der Waals surface area contributed by atoms with Gasteiger partial charge in [0.05, 0.1) is 12.2 Å². The van der Waals surface area contributed by atoms with Gasteiger partial charge in [-0.15, -0.1) is 0 Å². The second-order valence-corrected chi connectivity index (χ2v) is 6.01. The highest BCUT2D eigenvalue weighted by Gasteiger charge is 2.21. The van der Waals surface area contributed by atoms with E-state index in [-0.39, 0.29) is 6.03 Å². The number of hydrogen-bond acceptors (Lipinski definition) is 2. The number of amides is 2. The zero-order chi connectivity index (χ0) is 15.9. The van der Waals surface area contributed by atoms with Crippen LogP contribution >= 0.6 is 0 Å². The van der Waals surface area contributed by atoms with Crippen LogP contribution in [0.2, 0.25) is 0 Å². The summed E-state index contributed by atoms with van der Waals surface area (Å²) in [4.78, 5) is 18.5. The molecule has 0 saturated carbocycles. The molecule has 0 radical (unpaired) electrons. The number of rotatable bonds is 3. The second kappa shape index (κ2) is 7.77. The van der Waals surface area contributed by atoms with Crippen LogP contribution in [-0.4, -0.2) is 29.0 Å². The van der Waals surface area contributed by atoms with Crippen molar-refractivity contribution in [3.8, 4) is 0 Å². The summed E-state index contributed by atoms with van der Waals surface area (Å²) in [6.07, 6.45) is 4.98. The molecule has 4 heteroatoms. The fourth-order valence-corrected chi connectivity index (χ4v) is 3.14. The Morgan fingerprint density at radius 3 is 2.70 bits per heavy atom. The lowest BCUT2D eigenvalue weighted by atomic mass is 9.92. The van der Waals surface area contributed by atoms with E-state index in [1.165, 1.54) is 5.56 Å². The second-order valence-electron chi connectivity index (χ2n) is 6.01. The van der Waals surface area contributed by atoms with Crippen LogP contribution in [0.15, 0.2) is 54.7 Å². The molecule has 2 amide bonds. The SMILES string of the molecule is O=C(NCc1ccccn1)N1CCC[C@@H](c2ccccc2)CC1. The van der Waals surface area contributed by atoms with Crippen molar-refractivity contribution in [2.24, 2.45) is 0 Å². The van der Waals surface area contributed by atoms with E-state index in [4.69, 9.17) is 0 Å². The number of urea groups is 1. The van der Waals surface area contributed by atoms with Gasteiger partial charge in [0.2, 0.25) is 0 Å². The Balaban J connectivity index is 1.52. The third kappa shape index (κ3) is 4.31. The van der Waals surface area contributed by atoms with Crippen molar-refractivity contribution in [2.75, 3.05) is 13.1 Å². The summed E-state index contributed by atoms with van der Waals surface area (Å²) in [5.74, 6) is 0.560. The highest BCUT2D eigenvalue weighted by Crippen LogP contribution is 2.27. The maximum atomic E-state index is 12.4. The summed E-state index contributed by atoms with van der Waals surface area (Å²) in [5, 5.41) is 2.98. The van der Waals surface area contributed by atoms with Crippen LogP contribution in [0.1, 0.15) is 36.4 Å². The van der Waals surface area contributed by atoms with Gasteiger partial charge in [-0.2, -0.15) is 0 Å². The molecule has 1 atom stereocenters. The van der Waals surface area contributed by atoms with Gasteiger partial charge >= 0.3 is 6.03 Å². The Bertz CT molecular complexity index is 615. The number of carbonyl (C=O) groups is 1. The number of hydrogen-bond donors (Lipinski definition) is 1. The molecule has 0 bridgehead atoms. The van der Waals surface area contributed by atoms with Crippen molar-refractivity contribution in [3.05, 3.63) is 66.0 Å². The third-order valence-corrected chi connectivity index (χ3v) is 4.43. The quantitative estimate of drug-likeness (QED) is 0.942. The number of aromatic nitrogens is 1. The molecular weight excluding hydrogens is 286 g/mol. The van der Waals surface area contributed by atoms with Crippen molar-refractivity contribution >= 4 is 6.03 Å². The van der Waals surface area contributed by atoms with Gasteiger partial charge in [0, 0.05) is 19.3 Å². The van der Waals surface area contributed by atoms with Crippen LogP contribution in [-0.2, 0) is 6.54 Å². The minimum atomic E-state index is 0.0179. The van der Waals surface area contributed by atoms with E-state index in [1.807, 2.05) is 23.1 Å². The molecule has 2 aromatic rings. The standard InChI is InChI=1S/C19H23N3O/c23-19(21-15-18-10-4-5-12-20-18)22-13-6-9-17(11-14-22)16-7-2-1-3-8-16/h1-5,7-8,10,12,17H,6,9,11,13-15H2,(H,21,23)/t17-/m1/s1. The van der Waals surface area contributed by atoms with Gasteiger partial charge in [0.15, 0.2) is 0 Å². The van der Waals surface area contributed by atoms with E-state index >= 15 is 0 Å². The first-order valence-electron chi connectivity index (χ1n) is 8.30. The molecular formula is C19H23N3O. The van der Waals surface area contributed by atoms with E-state index in [0.717, 1.165) is 38.0 Å². The average molecular weight is 309 g/mol. The zero-order valence-electron chi connectivity index (χ0n) is 13.3. The molecule has 0 unspecified atom stereocenters. The summed E-state index contributed by atoms with van der Waals surface area (Å²) in [6.45, 7) is 2.13. The van der Waals surface area contributed by atoms with Crippen LogP contribution in [0.5, 0.6) is 0 Å². The lowest BCUT2D eigenvalue weighted by molar-refractivity contribution is 0.199. The van der Waals surface area contributed by atoms with Gasteiger partial charge in [0.25, 0.3) is 0 Å². The summed E-state index contributed by atoms with van der Waals surface area (Å²) >= 11 is 0. The highest BCUT2D eigenvalue weighted by molar-refractivity contribution is 5.74. The van der Waals surface area contributed by atoms with Crippen molar-refractivity contribution in [1.82, 2.24) is 15.2 Å². The molecule has 1 saturated heterocycles. The Morgan fingerprint density at radius 2 is 1.91 bits per heavy atom. The van der Waals surface area contributed by atoms with E-state index in [1.54, 1.807) is 6.20 Å². The number of carbonyl (C=O) groups excluding carboxylic acids is 1. The lowest BCUT2D eigenvalue weighted by Gasteiger charge is -2.21. The molecule has 1 aliphatic heterocycles. The van der Waals surface area contributed by atoms with Crippen molar-refractivity contribution < 1.29 is 4.79 Å². The summed E-state index contributed by atoms with van der Waals surface area (Å²) in [5.41, 5.74) is 2.28. The normalized spacial score (nSPS) is 18.3. The zero-order valence-corrected chi connectivity index (χ0v) is 13.3. The molecule has 1 fully saturated rings. The van der Waals surface area contributed by atoms with Gasteiger partial charge in [-0.3, -0.25) is 4.98 Å². The minimum absolute atomic E-state index is 0.0179. The molecule has 3 rings (SSSR count). The first kappa shape index (κ1) is 15.5. The van der Waals surface area contributed by atoms with Gasteiger partial charge in [0.1, 0.15) is 0 Å². The Labute approximate surface area is 137 Å². The summed E-state index contributed by atoms with van der Waals surface area (Å²) in [7, 11) is 0. The monoisotopic (exact) mass is 309 g/mol. The molecule has 1 aromatic heterocycles. The molecule has 0 aliphatic carbocycles. The molecule has 4 nitrogen and oxygen atoms in total. The average Bonchev–Trinajstić information content (AvgIpc) is 2.87. The van der Waals surface area contributed by atoms with Crippen molar-refractivity contribution in [1.29, 1.82) is 0 Å². The number of nitrogens with one attached hydrogen (secondary N) is 1. The van der Waals surface area contributed by atoms with Gasteiger partial charge in [-0.1, -0.05) is 36.4 Å². The largest absolute Gasteiger partial charge is 0.332 e. The van der Waals surface area contributed by atoms with Crippen LogP contribution in [0.4, 0.5) is 4.79 Å². The number of nitrogens with zero attached hydrogens (tertiary/aromatic N) is 2. The van der Waals surface area contributed by atoms with Crippen LogP contribution in [0, 0.1) is 0 Å². The van der Waals surface area contributed by atoms with Gasteiger partial charge in [-0.25, -0.2) is 4.79 Å². The smallest absolute Gasteiger partial charge is 0.317 e. The Morgan fingerprint density at radius 1 is 1.09 bits per heavy atom. The van der Waals surface area contributed by atoms with Gasteiger partial charge in [-0.05, 0) is 42.9 Å². The predicted octanol–water partition coefficient (Wildman–Crippen LogP) is 3.56. The number of likely N-dealkylation sites (tertiary alicyclic amines) is 1. The molecule has 0 spiro atoms. The molecule has 2 heterocycles. The first-order valence-corrected chi connectivity index (χ1v) is 8.30. The van der Waals surface area contributed by atoms with Crippen LogP contribution in [0.3, 0.4) is 0 Å². The van der Waals surface area contributed by atoms with E-state index in [0.29, 0.717) is 12.5 Å². The topological polar surface area (TPSA) is 45.2 Å². The van der Waals surface area contributed by atoms with Gasteiger partial charge < -0.3 is 10.2 Å². The Kier molecular flexibility index (Phi) is 5.25. The fourth-order valence-electron chi connectivity index (χ4n) is 3.14. The molecule has 120 valence electrons.